The maximum absolute atomic E-state index is 12.0. The summed E-state index contributed by atoms with van der Waals surface area (Å²) < 4.78 is 32.2. The Kier molecular flexibility index (Phi) is 2.25. The van der Waals surface area contributed by atoms with Gasteiger partial charge in [0.15, 0.2) is 0 Å². The summed E-state index contributed by atoms with van der Waals surface area (Å²) in [7, 11) is -4.25. The predicted molar refractivity (Wildman–Crippen MR) is 35.9 cm³/mol. The summed E-state index contributed by atoms with van der Waals surface area (Å²) in [5.74, 6) is -0.338. The molecule has 0 amide bonds. The Morgan fingerprint density at radius 1 is 1.60 bits per heavy atom. The Hall–Kier alpha value is -0.160. The van der Waals surface area contributed by atoms with Gasteiger partial charge in [0.1, 0.15) is 0 Å². The standard InChI is InChI=1S/C5H10FNO2S/c6-10(8,9)4-5-1-2-7-3-5/h5,7H,1-4H2. The minimum Gasteiger partial charge on any atom is -0.316 e. The topological polar surface area (TPSA) is 46.2 Å². The number of rotatable bonds is 2. The second-order valence-electron chi connectivity index (χ2n) is 2.56. The molecule has 1 fully saturated rings. The van der Waals surface area contributed by atoms with Crippen molar-refractivity contribution in [3.63, 3.8) is 0 Å². The summed E-state index contributed by atoms with van der Waals surface area (Å²) in [5.41, 5.74) is 0. The van der Waals surface area contributed by atoms with E-state index >= 15 is 0 Å². The molecule has 1 N–H and O–H groups in total. The van der Waals surface area contributed by atoms with Crippen LogP contribution in [0.4, 0.5) is 3.89 Å². The van der Waals surface area contributed by atoms with Crippen molar-refractivity contribution < 1.29 is 12.3 Å². The predicted octanol–water partition coefficient (Wildman–Crippen LogP) is -0.105. The minimum atomic E-state index is -4.25. The fraction of sp³-hybridized carbons (Fsp3) is 1.00. The highest BCUT2D eigenvalue weighted by molar-refractivity contribution is 7.86. The molecule has 0 saturated carbocycles. The molecule has 1 aliphatic heterocycles. The molecule has 1 saturated heterocycles. The first-order valence-corrected chi connectivity index (χ1v) is 4.76. The molecule has 10 heavy (non-hydrogen) atoms. The summed E-state index contributed by atoms with van der Waals surface area (Å²) in [6.07, 6.45) is 0.767. The average Bonchev–Trinajstić information content (AvgIpc) is 2.12. The molecule has 0 aromatic rings. The van der Waals surface area contributed by atoms with E-state index in [4.69, 9.17) is 0 Å². The molecular weight excluding hydrogens is 157 g/mol. The van der Waals surface area contributed by atoms with Crippen LogP contribution in [0.3, 0.4) is 0 Å². The van der Waals surface area contributed by atoms with Gasteiger partial charge in [-0.3, -0.25) is 0 Å². The maximum atomic E-state index is 12.0. The Labute approximate surface area is 59.8 Å². The molecule has 60 valence electrons. The van der Waals surface area contributed by atoms with Crippen molar-refractivity contribution in [2.75, 3.05) is 18.8 Å². The van der Waals surface area contributed by atoms with Crippen LogP contribution in [0, 0.1) is 5.92 Å². The molecule has 0 aliphatic carbocycles. The molecule has 0 spiro atoms. The van der Waals surface area contributed by atoms with Crippen LogP contribution in [-0.4, -0.2) is 27.3 Å². The molecule has 3 nitrogen and oxygen atoms in total. The molecule has 1 rings (SSSR count). The molecule has 5 heteroatoms. The van der Waals surface area contributed by atoms with Crippen LogP contribution >= 0.6 is 0 Å². The largest absolute Gasteiger partial charge is 0.316 e. The first-order chi connectivity index (χ1) is 4.58. The highest BCUT2D eigenvalue weighted by Gasteiger charge is 2.21. The van der Waals surface area contributed by atoms with Gasteiger partial charge in [-0.25, -0.2) is 0 Å². The van der Waals surface area contributed by atoms with Crippen molar-refractivity contribution in [1.29, 1.82) is 0 Å². The van der Waals surface area contributed by atoms with Gasteiger partial charge < -0.3 is 5.32 Å². The molecule has 1 atom stereocenters. The number of halogens is 1. The number of hydrogen-bond donors (Lipinski definition) is 1. The lowest BCUT2D eigenvalue weighted by Gasteiger charge is -2.01. The van der Waals surface area contributed by atoms with Crippen LogP contribution in [-0.2, 0) is 10.2 Å². The van der Waals surface area contributed by atoms with E-state index in [0.29, 0.717) is 6.54 Å². The Balaban J connectivity index is 2.38. The second-order valence-corrected chi connectivity index (χ2v) is 3.98. The zero-order chi connectivity index (χ0) is 7.61. The summed E-state index contributed by atoms with van der Waals surface area (Å²) >= 11 is 0. The lowest BCUT2D eigenvalue weighted by Crippen LogP contribution is -2.15. The van der Waals surface area contributed by atoms with Crippen molar-refractivity contribution in [3.8, 4) is 0 Å². The van der Waals surface area contributed by atoms with Crippen molar-refractivity contribution >= 4 is 10.2 Å². The summed E-state index contributed by atoms with van der Waals surface area (Å²) in [6.45, 7) is 1.43. The van der Waals surface area contributed by atoms with E-state index in [-0.39, 0.29) is 11.7 Å². The quantitative estimate of drug-likeness (QED) is 0.584. The Morgan fingerprint density at radius 2 is 2.30 bits per heavy atom. The second kappa shape index (κ2) is 2.84. The third-order valence-electron chi connectivity index (χ3n) is 1.60. The van der Waals surface area contributed by atoms with Crippen LogP contribution in [0.15, 0.2) is 0 Å². The molecule has 1 aliphatic rings. The van der Waals surface area contributed by atoms with Crippen LogP contribution < -0.4 is 5.32 Å². The number of hydrogen-bond acceptors (Lipinski definition) is 3. The molecule has 0 aromatic carbocycles. The molecule has 1 heterocycles. The van der Waals surface area contributed by atoms with Gasteiger partial charge in [-0.2, -0.15) is 8.42 Å². The van der Waals surface area contributed by atoms with Gasteiger partial charge in [-0.05, 0) is 25.4 Å². The first kappa shape index (κ1) is 7.94. The van der Waals surface area contributed by atoms with Gasteiger partial charge in [-0.15, -0.1) is 3.89 Å². The van der Waals surface area contributed by atoms with Gasteiger partial charge >= 0.3 is 10.2 Å². The summed E-state index contributed by atoms with van der Waals surface area (Å²) in [6, 6.07) is 0. The highest BCUT2D eigenvalue weighted by Crippen LogP contribution is 2.10. The zero-order valence-electron chi connectivity index (χ0n) is 5.51. The van der Waals surface area contributed by atoms with Gasteiger partial charge in [-0.1, -0.05) is 0 Å². The van der Waals surface area contributed by atoms with Gasteiger partial charge in [0.05, 0.1) is 5.75 Å². The summed E-state index contributed by atoms with van der Waals surface area (Å²) in [4.78, 5) is 0. The maximum Gasteiger partial charge on any atom is 0.302 e. The van der Waals surface area contributed by atoms with Crippen molar-refractivity contribution in [2.45, 2.75) is 6.42 Å². The van der Waals surface area contributed by atoms with E-state index in [1.54, 1.807) is 0 Å². The van der Waals surface area contributed by atoms with Crippen molar-refractivity contribution in [3.05, 3.63) is 0 Å². The van der Waals surface area contributed by atoms with Crippen LogP contribution in [0.25, 0.3) is 0 Å². The highest BCUT2D eigenvalue weighted by atomic mass is 32.3. The van der Waals surface area contributed by atoms with E-state index in [1.807, 2.05) is 0 Å². The average molecular weight is 167 g/mol. The van der Waals surface area contributed by atoms with Gasteiger partial charge in [0.25, 0.3) is 0 Å². The minimum absolute atomic E-state index is 0.0185. The van der Waals surface area contributed by atoms with E-state index in [0.717, 1.165) is 13.0 Å². The van der Waals surface area contributed by atoms with Crippen molar-refractivity contribution in [1.82, 2.24) is 5.32 Å². The lowest BCUT2D eigenvalue weighted by atomic mass is 10.2. The van der Waals surface area contributed by atoms with E-state index in [2.05, 4.69) is 5.32 Å². The van der Waals surface area contributed by atoms with Crippen LogP contribution in [0.5, 0.6) is 0 Å². The van der Waals surface area contributed by atoms with E-state index in [1.165, 1.54) is 0 Å². The lowest BCUT2D eigenvalue weighted by molar-refractivity contribution is 0.530. The first-order valence-electron chi connectivity index (χ1n) is 3.21. The third kappa shape index (κ3) is 2.62. The number of nitrogens with one attached hydrogen (secondary N) is 1. The monoisotopic (exact) mass is 167 g/mol. The molecular formula is C5H10FNO2S. The van der Waals surface area contributed by atoms with Crippen LogP contribution in [0.2, 0.25) is 0 Å². The Morgan fingerprint density at radius 3 is 2.70 bits per heavy atom. The SMILES string of the molecule is O=S(=O)(F)CC1CCNC1. The van der Waals surface area contributed by atoms with Gasteiger partial charge in [0.2, 0.25) is 0 Å². The zero-order valence-corrected chi connectivity index (χ0v) is 6.32. The van der Waals surface area contributed by atoms with Crippen molar-refractivity contribution in [2.24, 2.45) is 5.92 Å². The Bertz CT molecular complexity index is 196. The third-order valence-corrected chi connectivity index (χ3v) is 2.47. The van der Waals surface area contributed by atoms with E-state index < -0.39 is 10.2 Å². The fourth-order valence-corrected chi connectivity index (χ4v) is 1.99. The molecule has 0 aromatic heterocycles. The normalized spacial score (nSPS) is 27.1. The van der Waals surface area contributed by atoms with Gasteiger partial charge in [0, 0.05) is 0 Å². The molecule has 0 bridgehead atoms. The molecule has 0 radical (unpaired) electrons. The van der Waals surface area contributed by atoms with E-state index in [9.17, 15) is 12.3 Å². The fourth-order valence-electron chi connectivity index (χ4n) is 1.14. The summed E-state index contributed by atoms with van der Waals surface area (Å²) in [5, 5.41) is 2.96. The molecule has 1 unspecified atom stereocenters. The smallest absolute Gasteiger partial charge is 0.302 e. The van der Waals surface area contributed by atoms with Crippen LogP contribution in [0.1, 0.15) is 6.42 Å².